The molecule has 0 spiro atoms. The van der Waals surface area contributed by atoms with Crippen LogP contribution in [0.5, 0.6) is 0 Å². The third kappa shape index (κ3) is 3.58. The molecule has 3 heteroatoms. The normalized spacial score (nSPS) is 13.1. The van der Waals surface area contributed by atoms with Crippen molar-refractivity contribution in [3.63, 3.8) is 0 Å². The molecule has 1 rings (SSSR count). The minimum atomic E-state index is -0.234. The van der Waals surface area contributed by atoms with Crippen LogP contribution in [0.1, 0.15) is 31.0 Å². The maximum absolute atomic E-state index is 12.9. The fraction of sp³-hybridized carbons (Fsp3) is 0.538. The molecule has 0 heterocycles. The Labute approximate surface area is 96.5 Å². The maximum atomic E-state index is 12.9. The number of hydrogen-bond acceptors (Lipinski definition) is 2. The maximum Gasteiger partial charge on any atom is 0.123 e. The standard InChI is InChI=1S/C13H20FNO/c1-9(2)7-15-13(8-16)12-5-4-11(14)6-10(12)3/h4-6,9,13,15-16H,7-8H2,1-3H3. The van der Waals surface area contributed by atoms with Crippen molar-refractivity contribution in [1.29, 1.82) is 0 Å². The van der Waals surface area contributed by atoms with Crippen LogP contribution in [0.15, 0.2) is 18.2 Å². The van der Waals surface area contributed by atoms with E-state index in [0.717, 1.165) is 17.7 Å². The number of rotatable bonds is 5. The summed E-state index contributed by atoms with van der Waals surface area (Å²) < 4.78 is 12.9. The van der Waals surface area contributed by atoms with Crippen LogP contribution < -0.4 is 5.32 Å². The second-order valence-corrected chi connectivity index (χ2v) is 4.54. The van der Waals surface area contributed by atoms with Crippen molar-refractivity contribution in [2.75, 3.05) is 13.2 Å². The number of hydrogen-bond donors (Lipinski definition) is 2. The molecule has 0 aliphatic rings. The van der Waals surface area contributed by atoms with Crippen LogP contribution in [0.4, 0.5) is 4.39 Å². The van der Waals surface area contributed by atoms with Crippen LogP contribution in [0, 0.1) is 18.7 Å². The van der Waals surface area contributed by atoms with Gasteiger partial charge in [0.1, 0.15) is 5.82 Å². The summed E-state index contributed by atoms with van der Waals surface area (Å²) in [6.45, 7) is 6.94. The van der Waals surface area contributed by atoms with Crippen molar-refractivity contribution in [1.82, 2.24) is 5.32 Å². The first-order valence-corrected chi connectivity index (χ1v) is 5.65. The van der Waals surface area contributed by atoms with Crippen LogP contribution in [-0.4, -0.2) is 18.3 Å². The van der Waals surface area contributed by atoms with E-state index in [1.165, 1.54) is 12.1 Å². The second-order valence-electron chi connectivity index (χ2n) is 4.54. The molecule has 0 amide bonds. The second kappa shape index (κ2) is 5.97. The van der Waals surface area contributed by atoms with E-state index in [9.17, 15) is 9.50 Å². The first-order chi connectivity index (χ1) is 7.54. The third-order valence-electron chi connectivity index (χ3n) is 2.56. The summed E-state index contributed by atoms with van der Waals surface area (Å²) in [7, 11) is 0. The SMILES string of the molecule is Cc1cc(F)ccc1C(CO)NCC(C)C. The molecule has 0 aliphatic heterocycles. The first kappa shape index (κ1) is 13.1. The summed E-state index contributed by atoms with van der Waals surface area (Å²) in [5, 5.41) is 12.6. The number of nitrogens with one attached hydrogen (secondary N) is 1. The Bertz CT molecular complexity index is 339. The van der Waals surface area contributed by atoms with Crippen molar-refractivity contribution in [2.45, 2.75) is 26.8 Å². The molecule has 0 aromatic heterocycles. The van der Waals surface area contributed by atoms with Gasteiger partial charge in [-0.15, -0.1) is 0 Å². The van der Waals surface area contributed by atoms with Gasteiger partial charge >= 0.3 is 0 Å². The zero-order chi connectivity index (χ0) is 12.1. The van der Waals surface area contributed by atoms with Crippen LogP contribution in [0.3, 0.4) is 0 Å². The number of halogens is 1. The van der Waals surface area contributed by atoms with Gasteiger partial charge in [-0.2, -0.15) is 0 Å². The highest BCUT2D eigenvalue weighted by Crippen LogP contribution is 2.18. The van der Waals surface area contributed by atoms with E-state index in [-0.39, 0.29) is 18.5 Å². The molecule has 2 N–H and O–H groups in total. The molecule has 1 unspecified atom stereocenters. The summed E-state index contributed by atoms with van der Waals surface area (Å²) in [5.74, 6) is 0.289. The van der Waals surface area contributed by atoms with Crippen molar-refractivity contribution >= 4 is 0 Å². The number of aryl methyl sites for hydroxylation is 1. The summed E-state index contributed by atoms with van der Waals surface area (Å²) in [6, 6.07) is 4.55. The lowest BCUT2D eigenvalue weighted by molar-refractivity contribution is 0.240. The van der Waals surface area contributed by atoms with E-state index >= 15 is 0 Å². The van der Waals surface area contributed by atoms with Gasteiger partial charge in [0.15, 0.2) is 0 Å². The molecule has 2 nitrogen and oxygen atoms in total. The van der Waals surface area contributed by atoms with E-state index < -0.39 is 0 Å². The van der Waals surface area contributed by atoms with Gasteiger partial charge in [0, 0.05) is 0 Å². The smallest absolute Gasteiger partial charge is 0.123 e. The molecule has 1 atom stereocenters. The molecule has 0 bridgehead atoms. The molecule has 0 saturated heterocycles. The Hall–Kier alpha value is -0.930. The molecule has 1 aromatic carbocycles. The quantitative estimate of drug-likeness (QED) is 0.806. The minimum absolute atomic E-state index is 0.0270. The van der Waals surface area contributed by atoms with E-state index in [1.807, 2.05) is 6.92 Å². The fourth-order valence-electron chi connectivity index (χ4n) is 1.68. The number of aliphatic hydroxyl groups is 1. The molecule has 0 radical (unpaired) electrons. The van der Waals surface area contributed by atoms with Gasteiger partial charge in [-0.3, -0.25) is 0 Å². The van der Waals surface area contributed by atoms with Gasteiger partial charge in [-0.05, 0) is 42.6 Å². The van der Waals surface area contributed by atoms with Gasteiger partial charge in [0.05, 0.1) is 12.6 Å². The van der Waals surface area contributed by atoms with Crippen LogP contribution in [0.2, 0.25) is 0 Å². The van der Waals surface area contributed by atoms with Crippen LogP contribution >= 0.6 is 0 Å². The molecule has 1 aromatic rings. The Morgan fingerprint density at radius 2 is 2.06 bits per heavy atom. The summed E-state index contributed by atoms with van der Waals surface area (Å²) in [4.78, 5) is 0. The first-order valence-electron chi connectivity index (χ1n) is 5.65. The Morgan fingerprint density at radius 3 is 2.56 bits per heavy atom. The number of benzene rings is 1. The summed E-state index contributed by atoms with van der Waals surface area (Å²) >= 11 is 0. The molecule has 16 heavy (non-hydrogen) atoms. The van der Waals surface area contributed by atoms with Gasteiger partial charge in [0.25, 0.3) is 0 Å². The summed E-state index contributed by atoms with van der Waals surface area (Å²) in [6.07, 6.45) is 0. The molecule has 0 aliphatic carbocycles. The van der Waals surface area contributed by atoms with Gasteiger partial charge in [-0.25, -0.2) is 4.39 Å². The highest BCUT2D eigenvalue weighted by Gasteiger charge is 2.12. The Morgan fingerprint density at radius 1 is 1.38 bits per heavy atom. The zero-order valence-electron chi connectivity index (χ0n) is 10.1. The number of aliphatic hydroxyl groups excluding tert-OH is 1. The van der Waals surface area contributed by atoms with Crippen molar-refractivity contribution in [2.24, 2.45) is 5.92 Å². The van der Waals surface area contributed by atoms with E-state index in [0.29, 0.717) is 5.92 Å². The predicted molar refractivity (Wildman–Crippen MR) is 63.8 cm³/mol. The van der Waals surface area contributed by atoms with E-state index in [1.54, 1.807) is 6.07 Å². The van der Waals surface area contributed by atoms with E-state index in [2.05, 4.69) is 19.2 Å². The molecule has 90 valence electrons. The zero-order valence-corrected chi connectivity index (χ0v) is 10.1. The fourth-order valence-corrected chi connectivity index (χ4v) is 1.68. The van der Waals surface area contributed by atoms with Gasteiger partial charge in [0.2, 0.25) is 0 Å². The Balaban J connectivity index is 2.78. The molecular formula is C13H20FNO. The van der Waals surface area contributed by atoms with Crippen molar-refractivity contribution in [3.05, 3.63) is 35.1 Å². The molecule has 0 fully saturated rings. The monoisotopic (exact) mass is 225 g/mol. The van der Waals surface area contributed by atoms with Crippen LogP contribution in [-0.2, 0) is 0 Å². The molecular weight excluding hydrogens is 205 g/mol. The summed E-state index contributed by atoms with van der Waals surface area (Å²) in [5.41, 5.74) is 1.83. The average Bonchev–Trinajstić information content (AvgIpc) is 2.21. The van der Waals surface area contributed by atoms with Crippen LogP contribution in [0.25, 0.3) is 0 Å². The lowest BCUT2D eigenvalue weighted by Gasteiger charge is -2.20. The lowest BCUT2D eigenvalue weighted by Crippen LogP contribution is -2.28. The molecule has 0 saturated carbocycles. The van der Waals surface area contributed by atoms with E-state index in [4.69, 9.17) is 0 Å². The highest BCUT2D eigenvalue weighted by atomic mass is 19.1. The highest BCUT2D eigenvalue weighted by molar-refractivity contribution is 5.29. The minimum Gasteiger partial charge on any atom is -0.394 e. The largest absolute Gasteiger partial charge is 0.394 e. The van der Waals surface area contributed by atoms with Crippen molar-refractivity contribution < 1.29 is 9.50 Å². The van der Waals surface area contributed by atoms with Crippen molar-refractivity contribution in [3.8, 4) is 0 Å². The topological polar surface area (TPSA) is 32.3 Å². The lowest BCUT2D eigenvalue weighted by atomic mass is 10.0. The third-order valence-corrected chi connectivity index (χ3v) is 2.56. The van der Waals surface area contributed by atoms with Gasteiger partial charge in [-0.1, -0.05) is 19.9 Å². The predicted octanol–water partition coefficient (Wildman–Crippen LogP) is 2.41. The Kier molecular flexibility index (Phi) is 4.90. The van der Waals surface area contributed by atoms with Gasteiger partial charge < -0.3 is 10.4 Å². The average molecular weight is 225 g/mol.